The van der Waals surface area contributed by atoms with E-state index in [0.717, 1.165) is 6.42 Å². The van der Waals surface area contributed by atoms with Gasteiger partial charge in [0.15, 0.2) is 12.6 Å². The molecule has 2 aliphatic rings. The van der Waals surface area contributed by atoms with Crippen molar-refractivity contribution in [2.45, 2.75) is 201 Å². The minimum Gasteiger partial charge on any atom is -0.394 e. The van der Waals surface area contributed by atoms with E-state index in [1.165, 1.54) is 13.8 Å². The molecule has 5 amide bonds. The second-order valence-corrected chi connectivity index (χ2v) is 22.4. The summed E-state index contributed by atoms with van der Waals surface area (Å²) in [6.07, 6.45) is -6.67. The fourth-order valence-corrected chi connectivity index (χ4v) is 9.67. The van der Waals surface area contributed by atoms with Gasteiger partial charge in [0, 0.05) is 58.3 Å². The molecular weight excluding hydrogens is 901 g/mol. The Kier molecular flexibility index (Phi) is 24.9. The minimum absolute atomic E-state index is 0.114. The van der Waals surface area contributed by atoms with Crippen molar-refractivity contribution in [1.82, 2.24) is 31.9 Å². The fourth-order valence-electron chi connectivity index (χ4n) is 9.67. The molecule has 0 aliphatic carbocycles. The Hall–Kier alpha value is -3.09. The first-order valence-corrected chi connectivity index (χ1v) is 24.5. The van der Waals surface area contributed by atoms with Gasteiger partial charge in [-0.3, -0.25) is 24.0 Å². The van der Waals surface area contributed by atoms with Crippen LogP contribution < -0.4 is 31.9 Å². The number of carbonyl (C=O) groups is 5. The van der Waals surface area contributed by atoms with E-state index in [2.05, 4.69) is 31.9 Å². The maximum Gasteiger partial charge on any atom is 0.220 e. The maximum atomic E-state index is 13.5. The number of hydrogen-bond acceptors (Lipinski definition) is 16. The van der Waals surface area contributed by atoms with E-state index in [4.69, 9.17) is 18.9 Å². The Morgan fingerprint density at radius 1 is 0.551 bits per heavy atom. The average molecular weight is 991 g/mol. The lowest BCUT2D eigenvalue weighted by atomic mass is 9.75. The Labute approximate surface area is 409 Å². The van der Waals surface area contributed by atoms with Gasteiger partial charge in [-0.1, -0.05) is 62.3 Å². The molecule has 2 rings (SSSR count). The molecule has 0 spiro atoms. The Morgan fingerprint density at radius 2 is 0.899 bits per heavy atom. The van der Waals surface area contributed by atoms with Crippen LogP contribution in [-0.2, 0) is 42.9 Å². The van der Waals surface area contributed by atoms with Crippen LogP contribution in [0.25, 0.3) is 0 Å². The largest absolute Gasteiger partial charge is 0.394 e. The van der Waals surface area contributed by atoms with Crippen LogP contribution in [0.4, 0.5) is 0 Å². The zero-order chi connectivity index (χ0) is 52.5. The first-order chi connectivity index (χ1) is 31.9. The molecule has 2 heterocycles. The van der Waals surface area contributed by atoms with E-state index in [-0.39, 0.29) is 50.2 Å². The number of amides is 5. The van der Waals surface area contributed by atoms with E-state index in [1.807, 2.05) is 62.3 Å². The lowest BCUT2D eigenvalue weighted by molar-refractivity contribution is -0.276. The van der Waals surface area contributed by atoms with Crippen molar-refractivity contribution >= 4 is 29.5 Å². The molecule has 2 fully saturated rings. The maximum absolute atomic E-state index is 13.5. The SMILES string of the molecule is CCCNC(=O)CCC(CCC(=O)NCC(C)(C)CC(C)(C)COC1OC(CO)C(O)C(O)C1NC(C)=O)(CCC(=O)NCC(C)(C)CC(C)(C)COC1OC(CO)C(O)C(O)C1NC(C)=O)NC. The highest BCUT2D eigenvalue weighted by atomic mass is 16.7. The number of aliphatic hydroxyl groups excluding tert-OH is 6. The topological polar surface area (TPSA) is 316 Å². The first kappa shape index (κ1) is 62.0. The number of hydrogen-bond donors (Lipinski definition) is 12. The first-order valence-electron chi connectivity index (χ1n) is 24.5. The van der Waals surface area contributed by atoms with Crippen molar-refractivity contribution in [3.8, 4) is 0 Å². The van der Waals surface area contributed by atoms with Gasteiger partial charge < -0.3 is 81.5 Å². The number of nitrogens with one attached hydrogen (secondary N) is 6. The molecule has 10 unspecified atom stereocenters. The second-order valence-electron chi connectivity index (χ2n) is 22.4. The summed E-state index contributed by atoms with van der Waals surface area (Å²) >= 11 is 0. The van der Waals surface area contributed by atoms with Crippen molar-refractivity contribution in [2.75, 3.05) is 53.1 Å². The van der Waals surface area contributed by atoms with Crippen LogP contribution in [-0.4, -0.2) is 180 Å². The van der Waals surface area contributed by atoms with Crippen LogP contribution in [0.15, 0.2) is 0 Å². The lowest BCUT2D eigenvalue weighted by Gasteiger charge is -2.43. The second kappa shape index (κ2) is 27.7. The van der Waals surface area contributed by atoms with Crippen LogP contribution >= 0.6 is 0 Å². The molecule has 0 aromatic rings. The van der Waals surface area contributed by atoms with Gasteiger partial charge in [0.05, 0.1) is 26.4 Å². The van der Waals surface area contributed by atoms with Crippen molar-refractivity contribution in [2.24, 2.45) is 21.7 Å². The molecule has 69 heavy (non-hydrogen) atoms. The third-order valence-corrected chi connectivity index (χ3v) is 12.8. The van der Waals surface area contributed by atoms with E-state index in [9.17, 15) is 54.6 Å². The summed E-state index contributed by atoms with van der Waals surface area (Å²) in [5, 5.41) is 79.0. The summed E-state index contributed by atoms with van der Waals surface area (Å²) in [7, 11) is 1.77. The summed E-state index contributed by atoms with van der Waals surface area (Å²) in [5.74, 6) is -1.40. The summed E-state index contributed by atoms with van der Waals surface area (Å²) in [5.41, 5.74) is -2.52. The van der Waals surface area contributed by atoms with Gasteiger partial charge in [-0.25, -0.2) is 0 Å². The number of aliphatic hydroxyl groups is 6. The molecule has 12 N–H and O–H groups in total. The zero-order valence-electron chi connectivity index (χ0n) is 43.4. The molecule has 0 saturated carbocycles. The lowest BCUT2D eigenvalue weighted by Crippen LogP contribution is -2.64. The number of rotatable bonds is 30. The van der Waals surface area contributed by atoms with Crippen LogP contribution in [0.2, 0.25) is 0 Å². The third kappa shape index (κ3) is 21.3. The third-order valence-electron chi connectivity index (χ3n) is 12.8. The highest BCUT2D eigenvalue weighted by Crippen LogP contribution is 2.37. The van der Waals surface area contributed by atoms with Crippen molar-refractivity contribution < 1.29 is 73.6 Å². The highest BCUT2D eigenvalue weighted by Gasteiger charge is 2.47. The predicted molar refractivity (Wildman–Crippen MR) is 256 cm³/mol. The Bertz CT molecular complexity index is 1530. The molecular formula is C48H90N6O15. The molecule has 2 aliphatic heterocycles. The van der Waals surface area contributed by atoms with Crippen LogP contribution in [0, 0.1) is 21.7 Å². The van der Waals surface area contributed by atoms with E-state index >= 15 is 0 Å². The van der Waals surface area contributed by atoms with Crippen LogP contribution in [0.1, 0.15) is 134 Å². The molecule has 10 atom stereocenters. The smallest absolute Gasteiger partial charge is 0.220 e. The molecule has 0 radical (unpaired) electrons. The highest BCUT2D eigenvalue weighted by molar-refractivity contribution is 5.78. The predicted octanol–water partition coefficient (Wildman–Crippen LogP) is -0.151. The van der Waals surface area contributed by atoms with Crippen LogP contribution in [0.3, 0.4) is 0 Å². The van der Waals surface area contributed by atoms with Gasteiger partial charge in [-0.05, 0) is 67.2 Å². The quantitative estimate of drug-likeness (QED) is 0.0445. The summed E-state index contributed by atoms with van der Waals surface area (Å²) in [6, 6.07) is -2.13. The van der Waals surface area contributed by atoms with Gasteiger partial charge >= 0.3 is 0 Å². The standard InChI is InChI=1S/C48H90N6O15/c1-13-20-50-33(59)14-17-48(49-12,18-15-34(60)51-25-44(4,5)23-46(8,9)27-66-42-36(53-29(2)57)40(64)38(62)31(21-55)68-42)19-16-35(61)52-26-45(6,7)24-47(10,11)28-67-43-37(54-30(3)58)41(65)39(63)32(22-56)69-43/h31-32,36-43,49,55-56,62-65H,13-28H2,1-12H3,(H,50,59)(H,51,60)(H,52,61)(H,53,57)(H,54,58). The minimum atomic E-state index is -1.43. The number of carbonyl (C=O) groups excluding carboxylic acids is 5. The Balaban J connectivity index is 2.02. The molecule has 0 aromatic carbocycles. The van der Waals surface area contributed by atoms with Gasteiger partial charge in [-0.2, -0.15) is 0 Å². The molecule has 402 valence electrons. The molecule has 0 aromatic heterocycles. The molecule has 21 nitrogen and oxygen atoms in total. The van der Waals surface area contributed by atoms with Gasteiger partial charge in [0.1, 0.15) is 48.7 Å². The van der Waals surface area contributed by atoms with Crippen molar-refractivity contribution in [3.63, 3.8) is 0 Å². The molecule has 0 bridgehead atoms. The van der Waals surface area contributed by atoms with E-state index in [0.29, 0.717) is 51.7 Å². The summed E-state index contributed by atoms with van der Waals surface area (Å²) < 4.78 is 23.6. The van der Waals surface area contributed by atoms with E-state index < -0.39 is 114 Å². The van der Waals surface area contributed by atoms with Crippen LogP contribution in [0.5, 0.6) is 0 Å². The van der Waals surface area contributed by atoms with Gasteiger partial charge in [0.2, 0.25) is 29.5 Å². The van der Waals surface area contributed by atoms with Crippen molar-refractivity contribution in [3.05, 3.63) is 0 Å². The molecule has 21 heteroatoms. The Morgan fingerprint density at radius 3 is 1.20 bits per heavy atom. The van der Waals surface area contributed by atoms with E-state index in [1.54, 1.807) is 7.05 Å². The van der Waals surface area contributed by atoms with Gasteiger partial charge in [0.25, 0.3) is 0 Å². The zero-order valence-corrected chi connectivity index (χ0v) is 43.4. The van der Waals surface area contributed by atoms with Gasteiger partial charge in [-0.15, -0.1) is 0 Å². The van der Waals surface area contributed by atoms with Crippen molar-refractivity contribution in [1.29, 1.82) is 0 Å². The number of ether oxygens (including phenoxy) is 4. The average Bonchev–Trinajstić information content (AvgIpc) is 3.25. The fraction of sp³-hybridized carbons (Fsp3) is 0.896. The summed E-state index contributed by atoms with van der Waals surface area (Å²) in [6.45, 7) is 20.8. The normalized spacial score (nSPS) is 26.6. The molecule has 2 saturated heterocycles. The monoisotopic (exact) mass is 991 g/mol. The summed E-state index contributed by atoms with van der Waals surface area (Å²) in [4.78, 5) is 63.5.